The number of ether oxygens (including phenoxy) is 1. The molecule has 0 aromatic carbocycles. The lowest BCUT2D eigenvalue weighted by Gasteiger charge is -2.42. The van der Waals surface area contributed by atoms with E-state index >= 15 is 0 Å². The molecule has 0 spiro atoms. The van der Waals surface area contributed by atoms with E-state index < -0.39 is 35.3 Å². The summed E-state index contributed by atoms with van der Waals surface area (Å²) < 4.78 is 117. The minimum Gasteiger partial charge on any atom is -0.339 e. The van der Waals surface area contributed by atoms with Crippen molar-refractivity contribution in [1.82, 2.24) is 0 Å². The van der Waals surface area contributed by atoms with Crippen molar-refractivity contribution in [3.05, 3.63) is 11.7 Å². The van der Waals surface area contributed by atoms with Gasteiger partial charge in [0.05, 0.1) is 0 Å². The van der Waals surface area contributed by atoms with E-state index in [1.165, 1.54) is 0 Å². The van der Waals surface area contributed by atoms with Crippen LogP contribution in [0.25, 0.3) is 0 Å². The van der Waals surface area contributed by atoms with Crippen molar-refractivity contribution in [2.75, 3.05) is 7.11 Å². The summed E-state index contributed by atoms with van der Waals surface area (Å²) in [6, 6.07) is 0. The Morgan fingerprint density at radius 1 is 0.765 bits per heavy atom. The van der Waals surface area contributed by atoms with Gasteiger partial charge >= 0.3 is 23.6 Å². The molecule has 17 heavy (non-hydrogen) atoms. The van der Waals surface area contributed by atoms with E-state index in [-0.39, 0.29) is 7.11 Å². The van der Waals surface area contributed by atoms with Gasteiger partial charge in [0.2, 0.25) is 11.7 Å². The normalized spacial score (nSPS) is 34.9. The summed E-state index contributed by atoms with van der Waals surface area (Å²) in [5, 5.41) is 0. The second kappa shape index (κ2) is 3.30. The Morgan fingerprint density at radius 2 is 1.18 bits per heavy atom. The molecule has 0 bridgehead atoms. The molecule has 0 fully saturated rings. The first-order chi connectivity index (χ1) is 7.38. The van der Waals surface area contributed by atoms with Gasteiger partial charge in [-0.2, -0.15) is 30.7 Å². The highest BCUT2D eigenvalue weighted by Gasteiger charge is 2.87. The van der Waals surface area contributed by atoms with Gasteiger partial charge in [-0.1, -0.05) is 0 Å². The Kier molecular flexibility index (Phi) is 2.74. The van der Waals surface area contributed by atoms with Crippen molar-refractivity contribution in [2.45, 2.75) is 23.6 Å². The molecule has 10 heteroatoms. The van der Waals surface area contributed by atoms with Crippen LogP contribution in [0, 0.1) is 0 Å². The third-order valence-electron chi connectivity index (χ3n) is 2.22. The van der Waals surface area contributed by atoms with Gasteiger partial charge in [-0.3, -0.25) is 0 Å². The quantitative estimate of drug-likeness (QED) is 0.666. The zero-order chi connectivity index (χ0) is 13.9. The van der Waals surface area contributed by atoms with Crippen molar-refractivity contribution in [3.63, 3.8) is 0 Å². The SMILES string of the molecule is COC1(F)C(F)=C(F)C(F)(F)C(F)(F)C1(F)F. The lowest BCUT2D eigenvalue weighted by atomic mass is 9.89. The molecule has 1 aliphatic carbocycles. The molecule has 0 saturated heterocycles. The fraction of sp³-hybridized carbons (Fsp3) is 0.714. The predicted molar refractivity (Wildman–Crippen MR) is 34.9 cm³/mol. The van der Waals surface area contributed by atoms with Crippen LogP contribution < -0.4 is 0 Å². The van der Waals surface area contributed by atoms with Gasteiger partial charge in [0.25, 0.3) is 0 Å². The van der Waals surface area contributed by atoms with Gasteiger partial charge in [-0.25, -0.2) is 8.78 Å². The molecule has 1 rings (SSSR count). The highest BCUT2D eigenvalue weighted by molar-refractivity contribution is 5.31. The zero-order valence-corrected chi connectivity index (χ0v) is 7.81. The first-order valence-corrected chi connectivity index (χ1v) is 3.81. The monoisotopic (exact) mass is 274 g/mol. The molecular formula is C7H3F9O. The van der Waals surface area contributed by atoms with E-state index in [1.807, 2.05) is 0 Å². The van der Waals surface area contributed by atoms with Gasteiger partial charge in [0.1, 0.15) is 0 Å². The van der Waals surface area contributed by atoms with Gasteiger partial charge in [0, 0.05) is 7.11 Å². The Hall–Kier alpha value is -0.930. The maximum atomic E-state index is 13.1. The molecule has 1 nitrogen and oxygen atoms in total. The second-order valence-electron chi connectivity index (χ2n) is 3.15. The molecule has 1 atom stereocenters. The van der Waals surface area contributed by atoms with Gasteiger partial charge in [-0.15, -0.1) is 0 Å². The number of allylic oxidation sites excluding steroid dienone is 1. The third-order valence-corrected chi connectivity index (χ3v) is 2.22. The van der Waals surface area contributed by atoms with Crippen LogP contribution in [0.4, 0.5) is 39.5 Å². The van der Waals surface area contributed by atoms with E-state index in [9.17, 15) is 39.5 Å². The molecule has 0 heterocycles. The number of rotatable bonds is 1. The Bertz CT molecular complexity index is 374. The van der Waals surface area contributed by atoms with Crippen LogP contribution in [0.1, 0.15) is 0 Å². The smallest absolute Gasteiger partial charge is 0.339 e. The van der Waals surface area contributed by atoms with Crippen molar-refractivity contribution < 1.29 is 44.3 Å². The third kappa shape index (κ3) is 1.27. The fourth-order valence-electron chi connectivity index (χ4n) is 1.17. The lowest BCUT2D eigenvalue weighted by Crippen LogP contribution is -2.68. The first-order valence-electron chi connectivity index (χ1n) is 3.81. The van der Waals surface area contributed by atoms with Crippen molar-refractivity contribution in [1.29, 1.82) is 0 Å². The van der Waals surface area contributed by atoms with E-state index in [1.54, 1.807) is 0 Å². The molecule has 100 valence electrons. The highest BCUT2D eigenvalue weighted by atomic mass is 19.4. The van der Waals surface area contributed by atoms with Crippen molar-refractivity contribution in [3.8, 4) is 0 Å². The average Bonchev–Trinajstić information content (AvgIpc) is 2.23. The van der Waals surface area contributed by atoms with E-state index in [0.29, 0.717) is 0 Å². The number of methoxy groups -OCH3 is 1. The van der Waals surface area contributed by atoms with Crippen molar-refractivity contribution in [2.24, 2.45) is 0 Å². The molecule has 0 aromatic rings. The number of hydrogen-bond donors (Lipinski definition) is 0. The van der Waals surface area contributed by atoms with E-state index in [0.717, 1.165) is 0 Å². The Balaban J connectivity index is 3.67. The molecule has 0 N–H and O–H groups in total. The Labute approximate surface area is 87.8 Å². The summed E-state index contributed by atoms with van der Waals surface area (Å²) in [6.45, 7) is 0. The zero-order valence-electron chi connectivity index (χ0n) is 7.81. The summed E-state index contributed by atoms with van der Waals surface area (Å²) in [7, 11) is 0.000310. The minimum absolute atomic E-state index is 0.000310. The van der Waals surface area contributed by atoms with Crippen LogP contribution in [0.3, 0.4) is 0 Å². The molecule has 0 radical (unpaired) electrons. The van der Waals surface area contributed by atoms with Gasteiger partial charge < -0.3 is 4.74 Å². The molecule has 0 aromatic heterocycles. The topological polar surface area (TPSA) is 9.23 Å². The van der Waals surface area contributed by atoms with Crippen LogP contribution >= 0.6 is 0 Å². The Morgan fingerprint density at radius 3 is 1.53 bits per heavy atom. The maximum absolute atomic E-state index is 13.1. The number of halogens is 9. The van der Waals surface area contributed by atoms with E-state index in [4.69, 9.17) is 0 Å². The minimum atomic E-state index is -6.48. The number of alkyl halides is 7. The van der Waals surface area contributed by atoms with Crippen LogP contribution in [-0.4, -0.2) is 30.7 Å². The number of hydrogen-bond acceptors (Lipinski definition) is 1. The predicted octanol–water partition coefficient (Wildman–Crippen LogP) is 3.37. The molecule has 1 aliphatic rings. The lowest BCUT2D eigenvalue weighted by molar-refractivity contribution is -0.387. The summed E-state index contributed by atoms with van der Waals surface area (Å²) in [5.74, 6) is -31.3. The van der Waals surface area contributed by atoms with Gasteiger partial charge in [-0.05, 0) is 0 Å². The van der Waals surface area contributed by atoms with Crippen LogP contribution in [-0.2, 0) is 4.74 Å². The molecule has 0 aliphatic heterocycles. The second-order valence-corrected chi connectivity index (χ2v) is 3.15. The summed E-state index contributed by atoms with van der Waals surface area (Å²) in [4.78, 5) is 0. The van der Waals surface area contributed by atoms with Crippen molar-refractivity contribution >= 4 is 0 Å². The van der Waals surface area contributed by atoms with Crippen LogP contribution in [0.5, 0.6) is 0 Å². The first kappa shape index (κ1) is 14.1. The molecular weight excluding hydrogens is 271 g/mol. The molecule has 0 amide bonds. The summed E-state index contributed by atoms with van der Waals surface area (Å²) >= 11 is 0. The average molecular weight is 274 g/mol. The summed E-state index contributed by atoms with van der Waals surface area (Å²) in [5.41, 5.74) is 0. The standard InChI is InChI=1S/C7H3F9O/c1-17-5(12)3(9)2(8)4(10,11)6(13,14)7(5,15)16/h1H3. The van der Waals surface area contributed by atoms with Gasteiger partial charge in [0.15, 0.2) is 0 Å². The largest absolute Gasteiger partial charge is 0.385 e. The van der Waals surface area contributed by atoms with E-state index in [2.05, 4.69) is 4.74 Å². The fourth-order valence-corrected chi connectivity index (χ4v) is 1.17. The maximum Gasteiger partial charge on any atom is 0.385 e. The summed E-state index contributed by atoms with van der Waals surface area (Å²) in [6.07, 6.45) is 0. The molecule has 1 unspecified atom stereocenters. The molecule has 0 saturated carbocycles. The van der Waals surface area contributed by atoms with Crippen LogP contribution in [0.15, 0.2) is 11.7 Å². The van der Waals surface area contributed by atoms with Crippen LogP contribution in [0.2, 0.25) is 0 Å². The highest BCUT2D eigenvalue weighted by Crippen LogP contribution is 2.61.